The third-order valence-corrected chi connectivity index (χ3v) is 4.24. The molecule has 1 N–H and O–H groups in total. The van der Waals surface area contributed by atoms with Crippen LogP contribution >= 0.6 is 0 Å². The number of para-hydroxylation sites is 1. The van der Waals surface area contributed by atoms with Crippen LogP contribution in [0.4, 0.5) is 0 Å². The highest BCUT2D eigenvalue weighted by Crippen LogP contribution is 2.30. The third kappa shape index (κ3) is 2.98. The molecule has 1 aliphatic heterocycles. The molecule has 1 amide bonds. The molecule has 0 unspecified atom stereocenters. The van der Waals surface area contributed by atoms with Crippen molar-refractivity contribution < 1.29 is 9.53 Å². The molecule has 1 aromatic heterocycles. The summed E-state index contributed by atoms with van der Waals surface area (Å²) in [4.78, 5) is 14.8. The molecular formula is C17H21N3O2. The maximum Gasteiger partial charge on any atom is 0.227 e. The van der Waals surface area contributed by atoms with E-state index in [1.165, 1.54) is 0 Å². The first-order valence-corrected chi connectivity index (χ1v) is 7.70. The van der Waals surface area contributed by atoms with Gasteiger partial charge in [0.05, 0.1) is 25.3 Å². The SMILES string of the molecule is COc1ccccc1CC(=O)N1CCCC[C@H]1c1ccn[nH]1. The Morgan fingerprint density at radius 1 is 1.36 bits per heavy atom. The summed E-state index contributed by atoms with van der Waals surface area (Å²) in [7, 11) is 1.64. The number of carbonyl (C=O) groups excluding carboxylic acids is 1. The maximum absolute atomic E-state index is 12.8. The lowest BCUT2D eigenvalue weighted by atomic mass is 9.98. The van der Waals surface area contributed by atoms with Crippen LogP contribution in [0.5, 0.6) is 5.75 Å². The van der Waals surface area contributed by atoms with Gasteiger partial charge in [0.2, 0.25) is 5.91 Å². The fraction of sp³-hybridized carbons (Fsp3) is 0.412. The molecule has 116 valence electrons. The van der Waals surface area contributed by atoms with E-state index >= 15 is 0 Å². The van der Waals surface area contributed by atoms with Crippen LogP contribution in [0.1, 0.15) is 36.6 Å². The minimum atomic E-state index is 0.110. The summed E-state index contributed by atoms with van der Waals surface area (Å²) in [6, 6.07) is 9.77. The summed E-state index contributed by atoms with van der Waals surface area (Å²) in [5.74, 6) is 0.912. The molecule has 0 aliphatic carbocycles. The van der Waals surface area contributed by atoms with Gasteiger partial charge in [0.25, 0.3) is 0 Å². The van der Waals surface area contributed by atoms with Crippen LogP contribution in [0.2, 0.25) is 0 Å². The lowest BCUT2D eigenvalue weighted by Gasteiger charge is -2.35. The first kappa shape index (κ1) is 14.6. The minimum Gasteiger partial charge on any atom is -0.496 e. The van der Waals surface area contributed by atoms with E-state index in [1.54, 1.807) is 13.3 Å². The normalized spacial score (nSPS) is 18.2. The van der Waals surface area contributed by atoms with E-state index in [1.807, 2.05) is 35.2 Å². The number of H-pyrrole nitrogens is 1. The van der Waals surface area contributed by atoms with Crippen molar-refractivity contribution in [3.8, 4) is 5.75 Å². The quantitative estimate of drug-likeness (QED) is 0.944. The van der Waals surface area contributed by atoms with Crippen LogP contribution in [-0.2, 0) is 11.2 Å². The first-order valence-electron chi connectivity index (χ1n) is 7.70. The van der Waals surface area contributed by atoms with Crippen molar-refractivity contribution in [2.45, 2.75) is 31.7 Å². The summed E-state index contributed by atoms with van der Waals surface area (Å²) in [6.07, 6.45) is 5.30. The van der Waals surface area contributed by atoms with Gasteiger partial charge in [-0.2, -0.15) is 5.10 Å². The number of nitrogens with one attached hydrogen (secondary N) is 1. The van der Waals surface area contributed by atoms with Gasteiger partial charge in [-0.05, 0) is 31.4 Å². The summed E-state index contributed by atoms with van der Waals surface area (Å²) >= 11 is 0. The van der Waals surface area contributed by atoms with Crippen LogP contribution in [0.3, 0.4) is 0 Å². The Morgan fingerprint density at radius 2 is 2.23 bits per heavy atom. The summed E-state index contributed by atoms with van der Waals surface area (Å²) < 4.78 is 5.35. The second-order valence-corrected chi connectivity index (χ2v) is 5.60. The van der Waals surface area contributed by atoms with E-state index in [9.17, 15) is 4.79 Å². The number of hydrogen-bond acceptors (Lipinski definition) is 3. The minimum absolute atomic E-state index is 0.110. The van der Waals surface area contributed by atoms with Gasteiger partial charge in [-0.3, -0.25) is 9.89 Å². The van der Waals surface area contributed by atoms with Crippen LogP contribution in [-0.4, -0.2) is 34.7 Å². The predicted octanol–water partition coefficient (Wildman–Crippen LogP) is 2.71. The molecule has 0 saturated carbocycles. The number of likely N-dealkylation sites (tertiary alicyclic amines) is 1. The van der Waals surface area contributed by atoms with E-state index in [0.29, 0.717) is 6.42 Å². The van der Waals surface area contributed by atoms with Crippen molar-refractivity contribution >= 4 is 5.91 Å². The monoisotopic (exact) mass is 299 g/mol. The fourth-order valence-electron chi connectivity index (χ4n) is 3.12. The van der Waals surface area contributed by atoms with Crippen molar-refractivity contribution in [1.82, 2.24) is 15.1 Å². The highest BCUT2D eigenvalue weighted by Gasteiger charge is 2.29. The number of amides is 1. The Bertz CT molecular complexity index is 625. The van der Waals surface area contributed by atoms with Gasteiger partial charge in [-0.15, -0.1) is 0 Å². The third-order valence-electron chi connectivity index (χ3n) is 4.24. The van der Waals surface area contributed by atoms with Gasteiger partial charge >= 0.3 is 0 Å². The molecule has 0 bridgehead atoms. The number of benzene rings is 1. The number of methoxy groups -OCH3 is 1. The zero-order valence-corrected chi connectivity index (χ0v) is 12.8. The second-order valence-electron chi connectivity index (χ2n) is 5.60. The van der Waals surface area contributed by atoms with Crippen LogP contribution in [0.15, 0.2) is 36.5 Å². The van der Waals surface area contributed by atoms with E-state index in [2.05, 4.69) is 10.2 Å². The Balaban J connectivity index is 1.77. The highest BCUT2D eigenvalue weighted by molar-refractivity contribution is 5.80. The average molecular weight is 299 g/mol. The summed E-state index contributed by atoms with van der Waals surface area (Å²) in [6.45, 7) is 0.803. The molecule has 1 aliphatic rings. The van der Waals surface area contributed by atoms with Crippen molar-refractivity contribution in [3.63, 3.8) is 0 Å². The molecule has 5 nitrogen and oxygen atoms in total. The topological polar surface area (TPSA) is 58.2 Å². The van der Waals surface area contributed by atoms with Gasteiger partial charge in [0.15, 0.2) is 0 Å². The van der Waals surface area contributed by atoms with E-state index in [4.69, 9.17) is 4.74 Å². The van der Waals surface area contributed by atoms with Gasteiger partial charge in [0, 0.05) is 18.3 Å². The number of nitrogens with zero attached hydrogens (tertiary/aromatic N) is 2. The largest absolute Gasteiger partial charge is 0.496 e. The van der Waals surface area contributed by atoms with E-state index in [-0.39, 0.29) is 11.9 Å². The van der Waals surface area contributed by atoms with Gasteiger partial charge in [-0.25, -0.2) is 0 Å². The van der Waals surface area contributed by atoms with Crippen LogP contribution in [0, 0.1) is 0 Å². The number of ether oxygens (including phenoxy) is 1. The van der Waals surface area contributed by atoms with Crippen molar-refractivity contribution in [2.75, 3.05) is 13.7 Å². The first-order chi connectivity index (χ1) is 10.8. The zero-order chi connectivity index (χ0) is 15.4. The molecule has 0 radical (unpaired) electrons. The number of aromatic amines is 1. The fourth-order valence-corrected chi connectivity index (χ4v) is 3.12. The Kier molecular flexibility index (Phi) is 4.42. The summed E-state index contributed by atoms with van der Waals surface area (Å²) in [5.41, 5.74) is 1.96. The van der Waals surface area contributed by atoms with Gasteiger partial charge in [-0.1, -0.05) is 18.2 Å². The molecular weight excluding hydrogens is 278 g/mol. The standard InChI is InChI=1S/C17H21N3O2/c1-22-16-8-3-2-6-13(16)12-17(21)20-11-5-4-7-15(20)14-9-10-18-19-14/h2-3,6,8-10,15H,4-5,7,11-12H2,1H3,(H,18,19)/t15-/m0/s1. The highest BCUT2D eigenvalue weighted by atomic mass is 16.5. The molecule has 5 heteroatoms. The van der Waals surface area contributed by atoms with Gasteiger partial charge in [0.1, 0.15) is 5.75 Å². The molecule has 1 saturated heterocycles. The summed E-state index contributed by atoms with van der Waals surface area (Å²) in [5, 5.41) is 7.03. The number of hydrogen-bond donors (Lipinski definition) is 1. The number of carbonyl (C=O) groups is 1. The number of aromatic nitrogens is 2. The molecule has 3 rings (SSSR count). The number of rotatable bonds is 4. The predicted molar refractivity (Wildman–Crippen MR) is 83.6 cm³/mol. The van der Waals surface area contributed by atoms with E-state index < -0.39 is 0 Å². The van der Waals surface area contributed by atoms with E-state index in [0.717, 1.165) is 42.8 Å². The number of piperidine rings is 1. The van der Waals surface area contributed by atoms with Crippen molar-refractivity contribution in [2.24, 2.45) is 0 Å². The lowest BCUT2D eigenvalue weighted by Crippen LogP contribution is -2.39. The maximum atomic E-state index is 12.8. The molecule has 2 aromatic rings. The zero-order valence-electron chi connectivity index (χ0n) is 12.8. The Hall–Kier alpha value is -2.30. The van der Waals surface area contributed by atoms with Crippen molar-refractivity contribution in [3.05, 3.63) is 47.8 Å². The van der Waals surface area contributed by atoms with Gasteiger partial charge < -0.3 is 9.64 Å². The van der Waals surface area contributed by atoms with Crippen LogP contribution in [0.25, 0.3) is 0 Å². The molecule has 22 heavy (non-hydrogen) atoms. The Morgan fingerprint density at radius 3 is 3.00 bits per heavy atom. The van der Waals surface area contributed by atoms with Crippen LogP contribution < -0.4 is 4.74 Å². The lowest BCUT2D eigenvalue weighted by molar-refractivity contribution is -0.134. The molecule has 1 fully saturated rings. The smallest absolute Gasteiger partial charge is 0.227 e. The molecule has 0 spiro atoms. The second kappa shape index (κ2) is 6.64. The molecule has 2 heterocycles. The molecule has 1 aromatic carbocycles. The Labute approximate surface area is 130 Å². The molecule has 1 atom stereocenters. The van der Waals surface area contributed by atoms with Crippen molar-refractivity contribution in [1.29, 1.82) is 0 Å². The average Bonchev–Trinajstić information content (AvgIpc) is 3.09.